The first-order valence-corrected chi connectivity index (χ1v) is 11.0. The quantitative estimate of drug-likeness (QED) is 0.471. The van der Waals surface area contributed by atoms with Gasteiger partial charge in [-0.3, -0.25) is 14.5 Å². The predicted molar refractivity (Wildman–Crippen MR) is 123 cm³/mol. The summed E-state index contributed by atoms with van der Waals surface area (Å²) >= 11 is 12.8. The van der Waals surface area contributed by atoms with E-state index in [4.69, 9.17) is 27.9 Å². The SMILES string of the molecule is CN(C)CC(=O)OCn1c(=O)n(Cc2ccc(Cl)cc2)s/c1=N\C(=O)c1ccc(Cl)cc1. The molecular formula is C21H20Cl2N4O4S. The van der Waals surface area contributed by atoms with Crippen molar-refractivity contribution in [2.45, 2.75) is 13.3 Å². The van der Waals surface area contributed by atoms with Gasteiger partial charge in [0.2, 0.25) is 4.80 Å². The molecule has 0 bridgehead atoms. The maximum absolute atomic E-state index is 13.0. The van der Waals surface area contributed by atoms with Crippen LogP contribution in [0.1, 0.15) is 15.9 Å². The van der Waals surface area contributed by atoms with Crippen molar-refractivity contribution in [3.05, 3.63) is 85.0 Å². The fourth-order valence-corrected chi connectivity index (χ4v) is 3.83. The van der Waals surface area contributed by atoms with Crippen LogP contribution in [0.3, 0.4) is 0 Å². The molecule has 0 unspecified atom stereocenters. The number of nitrogens with zero attached hydrogens (tertiary/aromatic N) is 4. The van der Waals surface area contributed by atoms with Gasteiger partial charge in [0, 0.05) is 15.6 Å². The lowest BCUT2D eigenvalue weighted by molar-refractivity contribution is -0.148. The van der Waals surface area contributed by atoms with E-state index in [9.17, 15) is 14.4 Å². The number of aromatic nitrogens is 2. The molecule has 0 N–H and O–H groups in total. The number of ether oxygens (including phenoxy) is 1. The van der Waals surface area contributed by atoms with Gasteiger partial charge in [0.05, 0.1) is 13.1 Å². The number of hydrogen-bond acceptors (Lipinski definition) is 6. The van der Waals surface area contributed by atoms with Crippen molar-refractivity contribution < 1.29 is 14.3 Å². The highest BCUT2D eigenvalue weighted by Gasteiger charge is 2.14. The first-order valence-electron chi connectivity index (χ1n) is 9.43. The van der Waals surface area contributed by atoms with Crippen LogP contribution in [0.15, 0.2) is 58.3 Å². The maximum atomic E-state index is 13.0. The largest absolute Gasteiger partial charge is 0.443 e. The molecule has 1 aromatic heterocycles. The molecule has 3 aromatic rings. The summed E-state index contributed by atoms with van der Waals surface area (Å²) in [6.45, 7) is -0.0564. The lowest BCUT2D eigenvalue weighted by Gasteiger charge is -2.09. The highest BCUT2D eigenvalue weighted by atomic mass is 35.5. The summed E-state index contributed by atoms with van der Waals surface area (Å²) in [6.07, 6.45) is 0. The minimum absolute atomic E-state index is 0.0554. The van der Waals surface area contributed by atoms with Crippen molar-refractivity contribution in [1.29, 1.82) is 0 Å². The topological polar surface area (TPSA) is 85.9 Å². The zero-order valence-corrected chi connectivity index (χ0v) is 19.7. The van der Waals surface area contributed by atoms with E-state index in [0.717, 1.165) is 21.7 Å². The number of rotatable bonds is 7. The van der Waals surface area contributed by atoms with Gasteiger partial charge in [-0.1, -0.05) is 35.3 Å². The second-order valence-electron chi connectivity index (χ2n) is 7.05. The summed E-state index contributed by atoms with van der Waals surface area (Å²) < 4.78 is 7.79. The molecule has 0 spiro atoms. The van der Waals surface area contributed by atoms with Crippen LogP contribution < -0.4 is 10.5 Å². The molecule has 1 amide bonds. The van der Waals surface area contributed by atoms with Crippen molar-refractivity contribution >= 4 is 46.6 Å². The number of carbonyl (C=O) groups excluding carboxylic acids is 2. The molecule has 3 rings (SSSR count). The summed E-state index contributed by atoms with van der Waals surface area (Å²) in [4.78, 5) is 43.4. The Kier molecular flexibility index (Phi) is 8.03. The molecule has 0 atom stereocenters. The fourth-order valence-electron chi connectivity index (χ4n) is 2.63. The standard InChI is InChI=1S/C21H20Cl2N4O4S/c1-25(2)12-18(28)31-13-26-20(24-19(29)15-5-9-17(23)10-6-15)32-27(21(26)30)11-14-3-7-16(22)8-4-14/h3-10H,11-13H2,1-2H3/b24-20-. The summed E-state index contributed by atoms with van der Waals surface area (Å²) in [5.41, 5.74) is 0.700. The lowest BCUT2D eigenvalue weighted by Crippen LogP contribution is -2.33. The molecule has 0 saturated heterocycles. The van der Waals surface area contributed by atoms with E-state index in [1.165, 1.54) is 3.96 Å². The summed E-state index contributed by atoms with van der Waals surface area (Å²) in [7, 11) is 3.45. The van der Waals surface area contributed by atoms with Gasteiger partial charge in [0.25, 0.3) is 5.91 Å². The number of halogens is 2. The highest BCUT2D eigenvalue weighted by Crippen LogP contribution is 2.11. The van der Waals surface area contributed by atoms with E-state index in [2.05, 4.69) is 4.99 Å². The molecule has 0 saturated carbocycles. The van der Waals surface area contributed by atoms with Crippen LogP contribution in [0.25, 0.3) is 0 Å². The molecule has 0 radical (unpaired) electrons. The number of benzene rings is 2. The number of hydrogen-bond donors (Lipinski definition) is 0. The van der Waals surface area contributed by atoms with E-state index in [1.54, 1.807) is 67.5 Å². The van der Waals surface area contributed by atoms with E-state index in [0.29, 0.717) is 15.6 Å². The Morgan fingerprint density at radius 1 is 1.03 bits per heavy atom. The highest BCUT2D eigenvalue weighted by molar-refractivity contribution is 7.03. The maximum Gasteiger partial charge on any atom is 0.342 e. The van der Waals surface area contributed by atoms with E-state index in [-0.39, 0.29) is 24.6 Å². The van der Waals surface area contributed by atoms with Crippen LogP contribution in [0.2, 0.25) is 10.0 Å². The molecule has 0 fully saturated rings. The monoisotopic (exact) mass is 494 g/mol. The molecule has 2 aromatic carbocycles. The van der Waals surface area contributed by atoms with Gasteiger partial charge in [-0.25, -0.2) is 13.3 Å². The fraction of sp³-hybridized carbons (Fsp3) is 0.238. The third kappa shape index (κ3) is 6.39. The molecule has 0 aliphatic carbocycles. The van der Waals surface area contributed by atoms with Crippen LogP contribution in [0.5, 0.6) is 0 Å². The smallest absolute Gasteiger partial charge is 0.342 e. The number of esters is 1. The number of likely N-dealkylation sites (N-methyl/N-ethyl adjacent to an activating group) is 1. The Balaban J connectivity index is 1.95. The van der Waals surface area contributed by atoms with Gasteiger partial charge in [0.1, 0.15) is 0 Å². The van der Waals surface area contributed by atoms with Gasteiger partial charge in [-0.15, -0.1) is 0 Å². The van der Waals surface area contributed by atoms with Crippen LogP contribution in [-0.4, -0.2) is 45.9 Å². The van der Waals surface area contributed by atoms with Gasteiger partial charge in [-0.05, 0) is 67.6 Å². The number of amides is 1. The van der Waals surface area contributed by atoms with Crippen molar-refractivity contribution in [3.8, 4) is 0 Å². The molecule has 8 nitrogen and oxygen atoms in total. The Labute approximate surface area is 198 Å². The van der Waals surface area contributed by atoms with Gasteiger partial charge in [0.15, 0.2) is 6.73 Å². The van der Waals surface area contributed by atoms with E-state index in [1.807, 2.05) is 0 Å². The third-order valence-corrected chi connectivity index (χ3v) is 5.68. The van der Waals surface area contributed by atoms with Crippen LogP contribution in [0, 0.1) is 0 Å². The Hall–Kier alpha value is -2.72. The van der Waals surface area contributed by atoms with Gasteiger partial charge >= 0.3 is 11.7 Å². The Bertz CT molecular complexity index is 1230. The average Bonchev–Trinajstić information content (AvgIpc) is 3.02. The van der Waals surface area contributed by atoms with E-state index < -0.39 is 17.6 Å². The molecule has 0 aliphatic rings. The van der Waals surface area contributed by atoms with Gasteiger partial charge < -0.3 is 4.74 Å². The van der Waals surface area contributed by atoms with Crippen LogP contribution in [0.4, 0.5) is 0 Å². The predicted octanol–water partition coefficient (Wildman–Crippen LogP) is 2.87. The van der Waals surface area contributed by atoms with Crippen molar-refractivity contribution in [2.75, 3.05) is 20.6 Å². The average molecular weight is 495 g/mol. The molecule has 1 heterocycles. The molecule has 0 aliphatic heterocycles. The van der Waals surface area contributed by atoms with Crippen molar-refractivity contribution in [1.82, 2.24) is 13.4 Å². The normalized spacial score (nSPS) is 11.7. The molecular weight excluding hydrogens is 475 g/mol. The Morgan fingerprint density at radius 2 is 1.62 bits per heavy atom. The molecule has 32 heavy (non-hydrogen) atoms. The Morgan fingerprint density at radius 3 is 2.22 bits per heavy atom. The van der Waals surface area contributed by atoms with E-state index >= 15 is 0 Å². The third-order valence-electron chi connectivity index (χ3n) is 4.19. The summed E-state index contributed by atoms with van der Waals surface area (Å²) in [6, 6.07) is 13.3. The molecule has 168 valence electrons. The van der Waals surface area contributed by atoms with Crippen molar-refractivity contribution in [3.63, 3.8) is 0 Å². The first kappa shape index (κ1) is 23.9. The first-order chi connectivity index (χ1) is 15.2. The summed E-state index contributed by atoms with van der Waals surface area (Å²) in [5.74, 6) is -1.05. The van der Waals surface area contributed by atoms with Gasteiger partial charge in [-0.2, -0.15) is 4.99 Å². The zero-order chi connectivity index (χ0) is 23.3. The lowest BCUT2D eigenvalue weighted by atomic mass is 10.2. The minimum atomic E-state index is -0.546. The zero-order valence-electron chi connectivity index (χ0n) is 17.3. The number of carbonyl (C=O) groups is 2. The second-order valence-corrected chi connectivity index (χ2v) is 8.92. The minimum Gasteiger partial charge on any atom is -0.443 e. The van der Waals surface area contributed by atoms with Crippen molar-refractivity contribution in [2.24, 2.45) is 4.99 Å². The van der Waals surface area contributed by atoms with Crippen LogP contribution >= 0.6 is 34.7 Å². The van der Waals surface area contributed by atoms with Crippen LogP contribution in [-0.2, 0) is 22.8 Å². The molecule has 11 heteroatoms. The summed E-state index contributed by atoms with van der Waals surface area (Å²) in [5, 5.41) is 1.07. The second kappa shape index (κ2) is 10.7.